The molecule has 2 heterocycles. The molecule has 0 fully saturated rings. The van der Waals surface area contributed by atoms with Crippen molar-refractivity contribution in [3.05, 3.63) is 51.2 Å². The molecule has 27 heavy (non-hydrogen) atoms. The Kier molecular flexibility index (Phi) is 6.51. The molecule has 0 aliphatic carbocycles. The predicted octanol–water partition coefficient (Wildman–Crippen LogP) is 4.36. The second-order valence-corrected chi connectivity index (χ2v) is 8.69. The van der Waals surface area contributed by atoms with Crippen LogP contribution in [0.4, 0.5) is 0 Å². The Balaban J connectivity index is 1.69. The molecule has 0 aliphatic rings. The lowest BCUT2D eigenvalue weighted by atomic mass is 10.2. The van der Waals surface area contributed by atoms with Crippen molar-refractivity contribution in [1.82, 2.24) is 25.1 Å². The first-order valence-corrected chi connectivity index (χ1v) is 10.7. The smallest absolute Gasteiger partial charge is 0.270 e. The van der Waals surface area contributed by atoms with E-state index in [0.717, 1.165) is 21.7 Å². The van der Waals surface area contributed by atoms with Gasteiger partial charge in [-0.3, -0.25) is 9.36 Å². The minimum absolute atomic E-state index is 0.130. The molecule has 0 saturated heterocycles. The maximum Gasteiger partial charge on any atom is 0.270 e. The third kappa shape index (κ3) is 5.09. The van der Waals surface area contributed by atoms with Crippen LogP contribution in [0, 0.1) is 12.8 Å². The largest absolute Gasteiger partial charge is 0.350 e. The van der Waals surface area contributed by atoms with Crippen LogP contribution < -0.4 is 5.32 Å². The minimum Gasteiger partial charge on any atom is -0.350 e. The Morgan fingerprint density at radius 1 is 1.37 bits per heavy atom. The van der Waals surface area contributed by atoms with E-state index in [9.17, 15) is 4.79 Å². The monoisotopic (exact) mass is 421 g/mol. The standard InChI is InChI=1S/C18H20ClN5OS2/c1-11(2)8-20-17(25)15-9-26-16(21-15)10-27-18-23-22-12(3)24(18)14-6-4-5-13(19)7-14/h4-7,9,11H,8,10H2,1-3H3,(H,20,25). The van der Waals surface area contributed by atoms with Crippen LogP contribution in [0.1, 0.15) is 35.2 Å². The second kappa shape index (κ2) is 8.86. The van der Waals surface area contributed by atoms with Gasteiger partial charge in [-0.05, 0) is 31.0 Å². The topological polar surface area (TPSA) is 72.7 Å². The molecule has 0 saturated carbocycles. The normalized spacial score (nSPS) is 11.1. The van der Waals surface area contributed by atoms with Crippen molar-refractivity contribution in [1.29, 1.82) is 0 Å². The van der Waals surface area contributed by atoms with Gasteiger partial charge in [0, 0.05) is 16.9 Å². The Morgan fingerprint density at radius 3 is 2.93 bits per heavy atom. The maximum atomic E-state index is 12.1. The molecular weight excluding hydrogens is 402 g/mol. The summed E-state index contributed by atoms with van der Waals surface area (Å²) < 4.78 is 1.96. The average molecular weight is 422 g/mol. The van der Waals surface area contributed by atoms with Gasteiger partial charge in [0.2, 0.25) is 0 Å². The van der Waals surface area contributed by atoms with Gasteiger partial charge in [0.05, 0.1) is 11.4 Å². The first-order valence-electron chi connectivity index (χ1n) is 8.47. The maximum absolute atomic E-state index is 12.1. The molecule has 2 aromatic heterocycles. The van der Waals surface area contributed by atoms with Crippen molar-refractivity contribution < 1.29 is 4.79 Å². The van der Waals surface area contributed by atoms with Gasteiger partial charge < -0.3 is 5.32 Å². The van der Waals surface area contributed by atoms with Gasteiger partial charge in [-0.25, -0.2) is 4.98 Å². The molecule has 0 bridgehead atoms. The van der Waals surface area contributed by atoms with E-state index in [0.29, 0.717) is 28.9 Å². The molecule has 0 aliphatic heterocycles. The summed E-state index contributed by atoms with van der Waals surface area (Å²) in [7, 11) is 0. The number of carbonyl (C=O) groups is 1. The molecule has 1 aromatic carbocycles. The highest BCUT2D eigenvalue weighted by atomic mass is 35.5. The van der Waals surface area contributed by atoms with Crippen molar-refractivity contribution in [3.63, 3.8) is 0 Å². The Hall–Kier alpha value is -1.90. The zero-order valence-corrected chi connectivity index (χ0v) is 17.7. The number of nitrogens with zero attached hydrogens (tertiary/aromatic N) is 4. The van der Waals surface area contributed by atoms with E-state index in [4.69, 9.17) is 11.6 Å². The highest BCUT2D eigenvalue weighted by molar-refractivity contribution is 7.98. The van der Waals surface area contributed by atoms with E-state index < -0.39 is 0 Å². The lowest BCUT2D eigenvalue weighted by Gasteiger charge is -2.08. The van der Waals surface area contributed by atoms with E-state index >= 15 is 0 Å². The summed E-state index contributed by atoms with van der Waals surface area (Å²) in [6, 6.07) is 7.57. The fraction of sp³-hybridized carbons (Fsp3) is 0.333. The summed E-state index contributed by atoms with van der Waals surface area (Å²) in [6.45, 7) is 6.66. The summed E-state index contributed by atoms with van der Waals surface area (Å²) in [5, 5.41) is 15.4. The predicted molar refractivity (Wildman–Crippen MR) is 110 cm³/mol. The number of rotatable bonds is 7. The molecule has 9 heteroatoms. The third-order valence-electron chi connectivity index (χ3n) is 3.64. The molecule has 3 rings (SSSR count). The molecular formula is C18H20ClN5OS2. The number of carbonyl (C=O) groups excluding carboxylic acids is 1. The average Bonchev–Trinajstić information content (AvgIpc) is 3.24. The lowest BCUT2D eigenvalue weighted by molar-refractivity contribution is 0.0944. The number of aromatic nitrogens is 4. The quantitative estimate of drug-likeness (QED) is 0.573. The molecule has 6 nitrogen and oxygen atoms in total. The number of hydrogen-bond donors (Lipinski definition) is 1. The van der Waals surface area contributed by atoms with Crippen LogP contribution in [0.3, 0.4) is 0 Å². The summed E-state index contributed by atoms with van der Waals surface area (Å²) in [5.41, 5.74) is 1.38. The van der Waals surface area contributed by atoms with Gasteiger partial charge in [0.15, 0.2) is 5.16 Å². The van der Waals surface area contributed by atoms with Crippen LogP contribution >= 0.6 is 34.7 Å². The molecule has 1 N–H and O–H groups in total. The van der Waals surface area contributed by atoms with Crippen LogP contribution in [0.5, 0.6) is 0 Å². The number of halogens is 1. The van der Waals surface area contributed by atoms with Gasteiger partial charge in [-0.15, -0.1) is 21.5 Å². The fourth-order valence-corrected chi connectivity index (χ4v) is 4.32. The van der Waals surface area contributed by atoms with Crippen LogP contribution in [-0.2, 0) is 5.75 Å². The van der Waals surface area contributed by atoms with Crippen LogP contribution in [0.25, 0.3) is 5.69 Å². The number of benzene rings is 1. The van der Waals surface area contributed by atoms with Gasteiger partial charge >= 0.3 is 0 Å². The third-order valence-corrected chi connectivity index (χ3v) is 5.85. The van der Waals surface area contributed by atoms with Crippen molar-refractivity contribution >= 4 is 40.6 Å². The number of thioether (sulfide) groups is 1. The number of hydrogen-bond acceptors (Lipinski definition) is 6. The van der Waals surface area contributed by atoms with Crippen molar-refractivity contribution in [3.8, 4) is 5.69 Å². The molecule has 0 atom stereocenters. The number of thiazole rings is 1. The number of amides is 1. The molecule has 142 valence electrons. The van der Waals surface area contributed by atoms with Gasteiger partial charge in [0.25, 0.3) is 5.91 Å². The highest BCUT2D eigenvalue weighted by Gasteiger charge is 2.15. The van der Waals surface area contributed by atoms with Crippen LogP contribution in [0.2, 0.25) is 5.02 Å². The zero-order valence-electron chi connectivity index (χ0n) is 15.3. The molecule has 0 spiro atoms. The minimum atomic E-state index is -0.130. The summed E-state index contributed by atoms with van der Waals surface area (Å²) in [5.74, 6) is 1.67. The second-order valence-electron chi connectivity index (χ2n) is 6.36. The van der Waals surface area contributed by atoms with Gasteiger partial charge in [-0.1, -0.05) is 43.3 Å². The number of aryl methyl sites for hydroxylation is 1. The lowest BCUT2D eigenvalue weighted by Crippen LogP contribution is -2.27. The van der Waals surface area contributed by atoms with Crippen LogP contribution in [0.15, 0.2) is 34.8 Å². The molecule has 0 unspecified atom stereocenters. The highest BCUT2D eigenvalue weighted by Crippen LogP contribution is 2.27. The first kappa shape index (κ1) is 19.9. The Morgan fingerprint density at radius 2 is 2.19 bits per heavy atom. The number of nitrogens with one attached hydrogen (secondary N) is 1. The Bertz CT molecular complexity index is 937. The summed E-state index contributed by atoms with van der Waals surface area (Å²) in [4.78, 5) is 16.5. The van der Waals surface area contributed by atoms with E-state index in [-0.39, 0.29) is 5.91 Å². The molecule has 3 aromatic rings. The van der Waals surface area contributed by atoms with Crippen molar-refractivity contribution in [2.24, 2.45) is 5.92 Å². The van der Waals surface area contributed by atoms with Crippen molar-refractivity contribution in [2.45, 2.75) is 31.7 Å². The molecule has 0 radical (unpaired) electrons. The zero-order chi connectivity index (χ0) is 19.4. The Labute approximate surface area is 171 Å². The van der Waals surface area contributed by atoms with Gasteiger partial charge in [-0.2, -0.15) is 0 Å². The van der Waals surface area contributed by atoms with Crippen LogP contribution in [-0.4, -0.2) is 32.2 Å². The fourth-order valence-electron chi connectivity index (χ4n) is 2.34. The van der Waals surface area contributed by atoms with E-state index in [1.54, 1.807) is 5.38 Å². The SMILES string of the molecule is Cc1nnc(SCc2nc(C(=O)NCC(C)C)cs2)n1-c1cccc(Cl)c1. The van der Waals surface area contributed by atoms with Crippen molar-refractivity contribution in [2.75, 3.05) is 6.54 Å². The van der Waals surface area contributed by atoms with E-state index in [1.807, 2.05) is 35.8 Å². The van der Waals surface area contributed by atoms with E-state index in [1.165, 1.54) is 23.1 Å². The molecule has 1 amide bonds. The first-order chi connectivity index (χ1) is 12.9. The van der Waals surface area contributed by atoms with Gasteiger partial charge in [0.1, 0.15) is 16.5 Å². The summed E-state index contributed by atoms with van der Waals surface area (Å²) in [6.07, 6.45) is 0. The summed E-state index contributed by atoms with van der Waals surface area (Å²) >= 11 is 9.11. The van der Waals surface area contributed by atoms with E-state index in [2.05, 4.69) is 34.3 Å².